The molecule has 0 saturated heterocycles. The van der Waals surface area contributed by atoms with Gasteiger partial charge in [-0.3, -0.25) is 4.79 Å². The van der Waals surface area contributed by atoms with Crippen LogP contribution in [0, 0.1) is 0 Å². The summed E-state index contributed by atoms with van der Waals surface area (Å²) in [6, 6.07) is 18.4. The first-order valence-corrected chi connectivity index (χ1v) is 7.86. The first-order valence-electron chi connectivity index (χ1n) is 6.88. The lowest BCUT2D eigenvalue weighted by atomic mass is 10.0. The first-order chi connectivity index (χ1) is 9.83. The van der Waals surface area contributed by atoms with Crippen LogP contribution in [0.1, 0.15) is 23.6 Å². The SMILES string of the molecule is O=C(Cc1ccccc1)N[C@H]1CCSc2ccccc21. The molecule has 0 aromatic heterocycles. The zero-order valence-corrected chi connectivity index (χ0v) is 12.0. The van der Waals surface area contributed by atoms with Crippen LogP contribution >= 0.6 is 11.8 Å². The standard InChI is InChI=1S/C17H17NOS/c19-17(12-13-6-2-1-3-7-13)18-15-10-11-20-16-9-5-4-8-14(15)16/h1-9,15H,10-12H2,(H,18,19)/t15-/m0/s1. The molecule has 2 aromatic rings. The molecule has 0 radical (unpaired) electrons. The third-order valence-electron chi connectivity index (χ3n) is 3.50. The molecule has 0 unspecified atom stereocenters. The van der Waals surface area contributed by atoms with Crippen LogP contribution in [0.2, 0.25) is 0 Å². The summed E-state index contributed by atoms with van der Waals surface area (Å²) in [7, 11) is 0. The second-order valence-electron chi connectivity index (χ2n) is 4.96. The molecular formula is C17H17NOS. The number of carbonyl (C=O) groups is 1. The summed E-state index contributed by atoms with van der Waals surface area (Å²) in [6.07, 6.45) is 1.45. The van der Waals surface area contributed by atoms with E-state index in [0.29, 0.717) is 6.42 Å². The smallest absolute Gasteiger partial charge is 0.224 e. The molecule has 1 N–H and O–H groups in total. The van der Waals surface area contributed by atoms with Crippen molar-refractivity contribution in [2.75, 3.05) is 5.75 Å². The van der Waals surface area contributed by atoms with E-state index in [1.54, 1.807) is 0 Å². The van der Waals surface area contributed by atoms with Gasteiger partial charge in [0.05, 0.1) is 12.5 Å². The van der Waals surface area contributed by atoms with E-state index in [9.17, 15) is 4.79 Å². The Kier molecular flexibility index (Phi) is 4.07. The van der Waals surface area contributed by atoms with Gasteiger partial charge in [-0.05, 0) is 23.6 Å². The van der Waals surface area contributed by atoms with Gasteiger partial charge in [-0.1, -0.05) is 48.5 Å². The van der Waals surface area contributed by atoms with Gasteiger partial charge < -0.3 is 5.32 Å². The van der Waals surface area contributed by atoms with Gasteiger partial charge in [0, 0.05) is 10.6 Å². The quantitative estimate of drug-likeness (QED) is 0.933. The summed E-state index contributed by atoms with van der Waals surface area (Å²) in [4.78, 5) is 13.5. The molecule has 0 bridgehead atoms. The summed E-state index contributed by atoms with van der Waals surface area (Å²) >= 11 is 1.87. The van der Waals surface area contributed by atoms with Crippen LogP contribution in [0.3, 0.4) is 0 Å². The number of thioether (sulfide) groups is 1. The molecule has 2 nitrogen and oxygen atoms in total. The maximum Gasteiger partial charge on any atom is 0.224 e. The van der Waals surface area contributed by atoms with Crippen molar-refractivity contribution in [1.29, 1.82) is 0 Å². The highest BCUT2D eigenvalue weighted by Gasteiger charge is 2.21. The summed E-state index contributed by atoms with van der Waals surface area (Å²) in [6.45, 7) is 0. The Morgan fingerprint density at radius 3 is 2.70 bits per heavy atom. The van der Waals surface area contributed by atoms with Crippen molar-refractivity contribution in [1.82, 2.24) is 5.32 Å². The average Bonchev–Trinajstić information content (AvgIpc) is 2.48. The van der Waals surface area contributed by atoms with Gasteiger partial charge in [-0.2, -0.15) is 0 Å². The minimum Gasteiger partial charge on any atom is -0.349 e. The fourth-order valence-electron chi connectivity index (χ4n) is 2.52. The summed E-state index contributed by atoms with van der Waals surface area (Å²) in [5.41, 5.74) is 2.31. The number of rotatable bonds is 3. The Labute approximate surface area is 123 Å². The molecule has 3 rings (SSSR count). The molecule has 3 heteroatoms. The van der Waals surface area contributed by atoms with Crippen molar-refractivity contribution in [3.63, 3.8) is 0 Å². The van der Waals surface area contributed by atoms with Gasteiger partial charge >= 0.3 is 0 Å². The number of amides is 1. The third kappa shape index (κ3) is 3.05. The van der Waals surface area contributed by atoms with Gasteiger partial charge in [-0.15, -0.1) is 11.8 Å². The van der Waals surface area contributed by atoms with Gasteiger partial charge in [0.1, 0.15) is 0 Å². The van der Waals surface area contributed by atoms with Crippen molar-refractivity contribution in [2.24, 2.45) is 0 Å². The van der Waals surface area contributed by atoms with Crippen LogP contribution in [0.4, 0.5) is 0 Å². The van der Waals surface area contributed by atoms with E-state index in [-0.39, 0.29) is 11.9 Å². The lowest BCUT2D eigenvalue weighted by molar-refractivity contribution is -0.121. The highest BCUT2D eigenvalue weighted by atomic mass is 32.2. The molecule has 1 heterocycles. The Morgan fingerprint density at radius 1 is 1.10 bits per heavy atom. The highest BCUT2D eigenvalue weighted by Crippen LogP contribution is 2.35. The Balaban J connectivity index is 1.68. The second kappa shape index (κ2) is 6.14. The zero-order valence-electron chi connectivity index (χ0n) is 11.2. The van der Waals surface area contributed by atoms with Crippen molar-refractivity contribution in [2.45, 2.75) is 23.8 Å². The maximum atomic E-state index is 12.2. The molecule has 0 saturated carbocycles. The average molecular weight is 283 g/mol. The van der Waals surface area contributed by atoms with Crippen molar-refractivity contribution >= 4 is 17.7 Å². The zero-order chi connectivity index (χ0) is 13.8. The highest BCUT2D eigenvalue weighted by molar-refractivity contribution is 7.99. The lowest BCUT2D eigenvalue weighted by Gasteiger charge is -2.25. The van der Waals surface area contributed by atoms with Crippen LogP contribution in [0.5, 0.6) is 0 Å². The maximum absolute atomic E-state index is 12.2. The van der Waals surface area contributed by atoms with Crippen LogP contribution in [-0.4, -0.2) is 11.7 Å². The fraction of sp³-hybridized carbons (Fsp3) is 0.235. The Hall–Kier alpha value is -1.74. The third-order valence-corrected chi connectivity index (χ3v) is 4.62. The summed E-state index contributed by atoms with van der Waals surface area (Å²) in [5, 5.41) is 3.17. The summed E-state index contributed by atoms with van der Waals surface area (Å²) < 4.78 is 0. The Morgan fingerprint density at radius 2 is 1.85 bits per heavy atom. The molecule has 1 amide bonds. The van der Waals surface area contributed by atoms with Crippen molar-refractivity contribution < 1.29 is 4.79 Å². The number of fused-ring (bicyclic) bond motifs is 1. The summed E-state index contributed by atoms with van der Waals surface area (Å²) in [5.74, 6) is 1.16. The molecule has 0 aliphatic carbocycles. The van der Waals surface area contributed by atoms with E-state index in [2.05, 4.69) is 23.5 Å². The molecule has 102 valence electrons. The first kappa shape index (κ1) is 13.3. The largest absolute Gasteiger partial charge is 0.349 e. The number of nitrogens with one attached hydrogen (secondary N) is 1. The van der Waals surface area contributed by atoms with E-state index in [1.807, 2.05) is 48.2 Å². The molecule has 1 aliphatic rings. The minimum absolute atomic E-state index is 0.0999. The predicted molar refractivity (Wildman–Crippen MR) is 82.8 cm³/mol. The lowest BCUT2D eigenvalue weighted by Crippen LogP contribution is -2.31. The monoisotopic (exact) mass is 283 g/mol. The van der Waals surface area contributed by atoms with E-state index >= 15 is 0 Å². The number of hydrogen-bond donors (Lipinski definition) is 1. The molecule has 0 spiro atoms. The number of hydrogen-bond acceptors (Lipinski definition) is 2. The fourth-order valence-corrected chi connectivity index (χ4v) is 3.64. The molecule has 0 fully saturated rings. The van der Waals surface area contributed by atoms with Crippen LogP contribution in [-0.2, 0) is 11.2 Å². The van der Waals surface area contributed by atoms with Gasteiger partial charge in [0.15, 0.2) is 0 Å². The topological polar surface area (TPSA) is 29.1 Å². The molecule has 2 aromatic carbocycles. The van der Waals surface area contributed by atoms with Crippen LogP contribution in [0.25, 0.3) is 0 Å². The van der Waals surface area contributed by atoms with Gasteiger partial charge in [0.2, 0.25) is 5.91 Å². The van der Waals surface area contributed by atoms with Crippen molar-refractivity contribution in [3.05, 3.63) is 65.7 Å². The van der Waals surface area contributed by atoms with Gasteiger partial charge in [0.25, 0.3) is 0 Å². The predicted octanol–water partition coefficient (Wildman–Crippen LogP) is 3.58. The molecule has 1 atom stereocenters. The van der Waals surface area contributed by atoms with Crippen LogP contribution in [0.15, 0.2) is 59.5 Å². The van der Waals surface area contributed by atoms with E-state index in [4.69, 9.17) is 0 Å². The van der Waals surface area contributed by atoms with Gasteiger partial charge in [-0.25, -0.2) is 0 Å². The van der Waals surface area contributed by atoms with Crippen LogP contribution < -0.4 is 5.32 Å². The van der Waals surface area contributed by atoms with E-state index in [0.717, 1.165) is 17.7 Å². The van der Waals surface area contributed by atoms with E-state index in [1.165, 1.54) is 10.5 Å². The van der Waals surface area contributed by atoms with E-state index < -0.39 is 0 Å². The normalized spacial score (nSPS) is 17.3. The second-order valence-corrected chi connectivity index (χ2v) is 6.09. The number of benzene rings is 2. The van der Waals surface area contributed by atoms with Crippen molar-refractivity contribution in [3.8, 4) is 0 Å². The molecule has 20 heavy (non-hydrogen) atoms. The number of carbonyl (C=O) groups excluding carboxylic acids is 1. The molecule has 1 aliphatic heterocycles. The minimum atomic E-state index is 0.0999. The molecular weight excluding hydrogens is 266 g/mol. The Bertz CT molecular complexity index is 597.